The van der Waals surface area contributed by atoms with Gasteiger partial charge in [-0.2, -0.15) is 0 Å². The molecule has 0 fully saturated rings. The van der Waals surface area contributed by atoms with Crippen LogP contribution in [0.15, 0.2) is 102 Å². The van der Waals surface area contributed by atoms with Gasteiger partial charge in [-0.3, -0.25) is 4.79 Å². The van der Waals surface area contributed by atoms with E-state index in [2.05, 4.69) is 53.4 Å². The first-order valence-electron chi connectivity index (χ1n) is 16.3. The molecule has 0 aromatic heterocycles. The van der Waals surface area contributed by atoms with Crippen LogP contribution in [0.3, 0.4) is 0 Å². The Balaban J connectivity index is 1.12. The molecule has 0 aliphatic rings. The van der Waals surface area contributed by atoms with E-state index in [0.29, 0.717) is 38.6 Å². The van der Waals surface area contributed by atoms with Crippen molar-refractivity contribution < 1.29 is 34.1 Å². The van der Waals surface area contributed by atoms with E-state index < -0.39 is 5.91 Å². The molecule has 0 radical (unpaired) electrons. The first-order chi connectivity index (χ1) is 23.9. The summed E-state index contributed by atoms with van der Waals surface area (Å²) >= 11 is 0. The predicted octanol–water partition coefficient (Wildman–Crippen LogP) is 5.96. The number of primary amides is 1. The van der Waals surface area contributed by atoms with E-state index >= 15 is 0 Å². The van der Waals surface area contributed by atoms with Crippen molar-refractivity contribution in [2.24, 2.45) is 10.9 Å². The number of aromatic hydroxyl groups is 2. The normalized spacial score (nSPS) is 11.9. The summed E-state index contributed by atoms with van der Waals surface area (Å²) in [4.78, 5) is 18.6. The highest BCUT2D eigenvalue weighted by Gasteiger charge is 2.14. The van der Waals surface area contributed by atoms with Crippen molar-refractivity contribution >= 4 is 23.3 Å². The van der Waals surface area contributed by atoms with Gasteiger partial charge in [-0.25, -0.2) is 0 Å². The molecule has 4 N–H and O–H groups in total. The van der Waals surface area contributed by atoms with Gasteiger partial charge < -0.3 is 39.9 Å². The lowest BCUT2D eigenvalue weighted by atomic mass is 9.88. The van der Waals surface area contributed by atoms with Crippen LogP contribution in [0.4, 0.5) is 0 Å². The van der Waals surface area contributed by atoms with Crippen LogP contribution in [0.1, 0.15) is 46.0 Å². The Labute approximate surface area is 288 Å². The molecule has 0 saturated heterocycles. The number of nitrogens with two attached hydrogens (primary N) is 1. The highest BCUT2D eigenvalue weighted by atomic mass is 16.6. The summed E-state index contributed by atoms with van der Waals surface area (Å²) in [5.41, 5.74) is 11.5. The monoisotopic (exact) mass is 667 g/mol. The molecule has 10 nitrogen and oxygen atoms in total. The summed E-state index contributed by atoms with van der Waals surface area (Å²) in [5, 5.41) is 23.3. The van der Waals surface area contributed by atoms with E-state index in [0.717, 1.165) is 42.0 Å². The van der Waals surface area contributed by atoms with E-state index in [1.165, 1.54) is 29.5 Å². The number of phenols is 2. The molecule has 0 bridgehead atoms. The third-order valence-electron chi connectivity index (χ3n) is 7.69. The topological polar surface area (TPSA) is 136 Å². The zero-order valence-corrected chi connectivity index (χ0v) is 28.1. The molecular weight excluding hydrogens is 622 g/mol. The van der Waals surface area contributed by atoms with Gasteiger partial charge in [0.2, 0.25) is 0 Å². The number of ether oxygens (including phenoxy) is 3. The third kappa shape index (κ3) is 11.8. The summed E-state index contributed by atoms with van der Waals surface area (Å²) in [6, 6.07) is 30.4. The van der Waals surface area contributed by atoms with Crippen molar-refractivity contribution in [1.29, 1.82) is 0 Å². The number of carbonyl (C=O) groups excluding carboxylic acids is 1. The maximum absolute atomic E-state index is 11.3. The van der Waals surface area contributed by atoms with Gasteiger partial charge in [-0.15, -0.1) is 0 Å². The Hall–Kier alpha value is -5.16. The van der Waals surface area contributed by atoms with Gasteiger partial charge in [0, 0.05) is 13.1 Å². The average molecular weight is 668 g/mol. The molecular formula is C39H45N3O7. The van der Waals surface area contributed by atoms with E-state index in [4.69, 9.17) is 24.8 Å². The molecule has 49 heavy (non-hydrogen) atoms. The number of hydrogen-bond donors (Lipinski definition) is 3. The molecule has 0 unspecified atom stereocenters. The zero-order valence-electron chi connectivity index (χ0n) is 28.1. The Bertz CT molecular complexity index is 1660. The smallest absolute Gasteiger partial charge is 0.252 e. The Morgan fingerprint density at radius 3 is 2.08 bits per heavy atom. The molecule has 4 aromatic carbocycles. The predicted molar refractivity (Wildman–Crippen MR) is 192 cm³/mol. The second-order valence-electron chi connectivity index (χ2n) is 11.2. The zero-order chi connectivity index (χ0) is 34.8. The number of nitrogens with zero attached hydrogens (tertiary/aromatic N) is 2. The maximum Gasteiger partial charge on any atom is 0.252 e. The maximum atomic E-state index is 11.3. The molecule has 4 aromatic rings. The molecule has 0 atom stereocenters. The third-order valence-corrected chi connectivity index (χ3v) is 7.69. The van der Waals surface area contributed by atoms with Gasteiger partial charge in [0.05, 0.1) is 38.2 Å². The van der Waals surface area contributed by atoms with Crippen LogP contribution in [0, 0.1) is 0 Å². The molecule has 0 aliphatic carbocycles. The minimum absolute atomic E-state index is 0.0220. The second-order valence-corrected chi connectivity index (χ2v) is 11.2. The van der Waals surface area contributed by atoms with Crippen molar-refractivity contribution in [3.8, 4) is 17.2 Å². The summed E-state index contributed by atoms with van der Waals surface area (Å²) in [5.74, 6) is 0.151. The Morgan fingerprint density at radius 1 is 0.776 bits per heavy atom. The molecule has 4 rings (SSSR count). The van der Waals surface area contributed by atoms with Crippen LogP contribution >= 0.6 is 0 Å². The van der Waals surface area contributed by atoms with Crippen LogP contribution in [-0.2, 0) is 14.3 Å². The van der Waals surface area contributed by atoms with Gasteiger partial charge in [0.15, 0.2) is 0 Å². The van der Waals surface area contributed by atoms with Crippen molar-refractivity contribution in [2.75, 3.05) is 59.8 Å². The highest BCUT2D eigenvalue weighted by Crippen LogP contribution is 2.35. The standard InChI is InChI=1S/C39H45N3O7/c1-3-35(30-7-5-4-6-8-30)38(31-10-14-33(43)15-11-31)32-12-16-34(17-13-32)48-22-20-42(2)19-21-46-23-24-47-25-26-49-41-28-29-9-18-37(44)36(27-29)39(40)45/h4-18,27-28,43-44H,3,19-26H2,1-2H3,(H2,40,45). The minimum Gasteiger partial charge on any atom is -0.508 e. The van der Waals surface area contributed by atoms with Crippen LogP contribution in [-0.4, -0.2) is 87.0 Å². The number of hydrogen-bond acceptors (Lipinski definition) is 9. The second kappa shape index (κ2) is 19.6. The lowest BCUT2D eigenvalue weighted by Gasteiger charge is -2.18. The lowest BCUT2D eigenvalue weighted by molar-refractivity contribution is 0.0126. The van der Waals surface area contributed by atoms with Gasteiger partial charge >= 0.3 is 0 Å². The first-order valence-corrected chi connectivity index (χ1v) is 16.3. The van der Waals surface area contributed by atoms with Gasteiger partial charge in [0.25, 0.3) is 5.91 Å². The van der Waals surface area contributed by atoms with E-state index in [1.807, 2.05) is 37.4 Å². The van der Waals surface area contributed by atoms with Gasteiger partial charge in [-0.1, -0.05) is 66.7 Å². The van der Waals surface area contributed by atoms with Gasteiger partial charge in [0.1, 0.15) is 30.5 Å². The number of phenolic OH excluding ortho intramolecular Hbond substituents is 1. The largest absolute Gasteiger partial charge is 0.508 e. The number of benzene rings is 4. The van der Waals surface area contributed by atoms with E-state index in [9.17, 15) is 15.0 Å². The number of amides is 1. The molecule has 0 saturated carbocycles. The van der Waals surface area contributed by atoms with E-state index in [-0.39, 0.29) is 23.7 Å². The number of allylic oxidation sites excluding steroid dienone is 1. The first kappa shape index (κ1) is 36.7. The average Bonchev–Trinajstić information content (AvgIpc) is 3.11. The number of carbonyl (C=O) groups is 1. The fourth-order valence-electron chi connectivity index (χ4n) is 5.08. The van der Waals surface area contributed by atoms with Crippen molar-refractivity contribution in [2.45, 2.75) is 13.3 Å². The fourth-order valence-corrected chi connectivity index (χ4v) is 5.08. The molecule has 0 spiro atoms. The van der Waals surface area contributed by atoms with Crippen LogP contribution < -0.4 is 10.5 Å². The SMILES string of the molecule is CCC(=C(c1ccc(O)cc1)c1ccc(OCCN(C)CCOCCOCCON=Cc2ccc(O)c(C(N)=O)c2)cc1)c1ccccc1. The van der Waals surface area contributed by atoms with Crippen molar-refractivity contribution in [1.82, 2.24) is 4.90 Å². The van der Waals surface area contributed by atoms with Crippen molar-refractivity contribution in [3.63, 3.8) is 0 Å². The fraction of sp³-hybridized carbons (Fsp3) is 0.282. The summed E-state index contributed by atoms with van der Waals surface area (Å²) in [6.07, 6.45) is 2.29. The minimum atomic E-state index is -0.719. The Kier molecular flexibility index (Phi) is 14.7. The molecule has 1 amide bonds. The Morgan fingerprint density at radius 2 is 1.41 bits per heavy atom. The molecule has 0 aliphatic heterocycles. The van der Waals surface area contributed by atoms with Crippen LogP contribution in [0.2, 0.25) is 0 Å². The summed E-state index contributed by atoms with van der Waals surface area (Å²) < 4.78 is 17.2. The highest BCUT2D eigenvalue weighted by molar-refractivity contribution is 5.99. The van der Waals surface area contributed by atoms with Crippen molar-refractivity contribution in [3.05, 3.63) is 125 Å². The van der Waals surface area contributed by atoms with E-state index in [1.54, 1.807) is 18.2 Å². The summed E-state index contributed by atoms with van der Waals surface area (Å²) in [7, 11) is 2.03. The van der Waals surface area contributed by atoms with Crippen LogP contribution in [0.25, 0.3) is 11.1 Å². The number of oxime groups is 1. The molecule has 0 heterocycles. The molecule has 258 valence electrons. The van der Waals surface area contributed by atoms with Crippen LogP contribution in [0.5, 0.6) is 17.2 Å². The number of rotatable bonds is 20. The summed E-state index contributed by atoms with van der Waals surface area (Å²) in [6.45, 7) is 6.30. The quantitative estimate of drug-likeness (QED) is 0.0455. The number of likely N-dealkylation sites (N-methyl/N-ethyl adjacent to an activating group) is 1. The van der Waals surface area contributed by atoms with Gasteiger partial charge in [-0.05, 0) is 89.3 Å². The lowest BCUT2D eigenvalue weighted by Crippen LogP contribution is -2.28. The molecule has 10 heteroatoms.